The van der Waals surface area contributed by atoms with Crippen LogP contribution in [0.3, 0.4) is 0 Å². The van der Waals surface area contributed by atoms with E-state index >= 15 is 0 Å². The summed E-state index contributed by atoms with van der Waals surface area (Å²) < 4.78 is 51.0. The van der Waals surface area contributed by atoms with Gasteiger partial charge in [0.15, 0.2) is 0 Å². The minimum atomic E-state index is -4.19. The van der Waals surface area contributed by atoms with Crippen LogP contribution in [0.4, 0.5) is 0 Å². The quantitative estimate of drug-likeness (QED) is 0.714. The van der Waals surface area contributed by atoms with E-state index in [9.17, 15) is 16.8 Å². The Bertz CT molecular complexity index is 664. The minimum Gasteiger partial charge on any atom is -0.193 e. The molecule has 5 nitrogen and oxygen atoms in total. The van der Waals surface area contributed by atoms with Crippen molar-refractivity contribution in [2.75, 3.05) is 0 Å². The lowest BCUT2D eigenvalue weighted by Crippen LogP contribution is -2.03. The Morgan fingerprint density at radius 2 is 0.941 bits per heavy atom. The molecule has 0 saturated heterocycles. The molecule has 0 amide bonds. The van der Waals surface area contributed by atoms with Crippen LogP contribution in [0.25, 0.3) is 0 Å². The average Bonchev–Trinajstić information content (AvgIpc) is 2.36. The summed E-state index contributed by atoms with van der Waals surface area (Å²) in [5.41, 5.74) is 2.41. The van der Waals surface area contributed by atoms with E-state index in [1.165, 1.54) is 0 Å². The van der Waals surface area contributed by atoms with Crippen molar-refractivity contribution < 1.29 is 20.5 Å². The molecule has 2 rings (SSSR count). The molecule has 1 aromatic rings. The Hall–Kier alpha value is -0.920. The molecule has 0 atom stereocenters. The summed E-state index contributed by atoms with van der Waals surface area (Å²) in [5, 5.41) is 0. The van der Waals surface area contributed by atoms with Gasteiger partial charge in [0.2, 0.25) is 0 Å². The lowest BCUT2D eigenvalue weighted by molar-refractivity contribution is 0.475. The third-order valence-electron chi connectivity index (χ3n) is 3.25. The molecule has 7 heteroatoms. The van der Waals surface area contributed by atoms with Crippen LogP contribution in [0, 0.1) is 27.7 Å². The van der Waals surface area contributed by atoms with Crippen LogP contribution >= 0.6 is 0 Å². The van der Waals surface area contributed by atoms with Crippen molar-refractivity contribution in [2.45, 2.75) is 37.5 Å². The summed E-state index contributed by atoms with van der Waals surface area (Å²) in [6.07, 6.45) is 0. The molecular formula is C10H12O5S2. The van der Waals surface area contributed by atoms with Gasteiger partial charge in [0, 0.05) is 0 Å². The molecule has 94 valence electrons. The second kappa shape index (κ2) is 3.30. The zero-order valence-corrected chi connectivity index (χ0v) is 11.5. The van der Waals surface area contributed by atoms with Gasteiger partial charge in [0.05, 0.1) is 0 Å². The summed E-state index contributed by atoms with van der Waals surface area (Å²) in [5.74, 6) is 0. The molecule has 1 aliphatic rings. The first kappa shape index (κ1) is 12.5. The minimum absolute atomic E-state index is 0.210. The van der Waals surface area contributed by atoms with Crippen LogP contribution in [0.5, 0.6) is 0 Å². The molecule has 0 N–H and O–H groups in total. The largest absolute Gasteiger partial charge is 0.313 e. The second-order valence-electron chi connectivity index (χ2n) is 4.13. The van der Waals surface area contributed by atoms with Gasteiger partial charge in [-0.3, -0.25) is 0 Å². The highest BCUT2D eigenvalue weighted by molar-refractivity contribution is 8.02. The SMILES string of the molecule is Cc1c(C)c(C)c2c(c1C)S(=O)(=O)OS2(=O)=O. The van der Waals surface area contributed by atoms with Crippen LogP contribution in [0.15, 0.2) is 9.79 Å². The van der Waals surface area contributed by atoms with Gasteiger partial charge in [-0.15, -0.1) is 3.63 Å². The zero-order chi connectivity index (χ0) is 13.2. The third kappa shape index (κ3) is 1.53. The van der Waals surface area contributed by atoms with Gasteiger partial charge in [-0.1, -0.05) is 0 Å². The Morgan fingerprint density at radius 3 is 1.24 bits per heavy atom. The van der Waals surface area contributed by atoms with Crippen LogP contribution in [-0.4, -0.2) is 16.8 Å². The first-order valence-corrected chi connectivity index (χ1v) is 7.72. The summed E-state index contributed by atoms with van der Waals surface area (Å²) >= 11 is 0. The number of hydrogen-bond acceptors (Lipinski definition) is 5. The summed E-state index contributed by atoms with van der Waals surface area (Å²) in [7, 11) is -8.39. The van der Waals surface area contributed by atoms with E-state index in [2.05, 4.69) is 3.63 Å². The summed E-state index contributed by atoms with van der Waals surface area (Å²) in [6.45, 7) is 6.70. The van der Waals surface area contributed by atoms with Crippen LogP contribution in [-0.2, 0) is 23.9 Å². The summed E-state index contributed by atoms with van der Waals surface area (Å²) in [6, 6.07) is 0. The maximum Gasteiger partial charge on any atom is 0.313 e. The van der Waals surface area contributed by atoms with Gasteiger partial charge in [0.25, 0.3) is 0 Å². The Morgan fingerprint density at radius 1 is 0.647 bits per heavy atom. The standard InChI is InChI=1S/C10H12O5S2/c1-5-6(2)8(4)10-9(7(5)3)16(11,12)15-17(10,13)14/h1-4H3. The van der Waals surface area contributed by atoms with E-state index < -0.39 is 20.2 Å². The van der Waals surface area contributed by atoms with Crippen molar-refractivity contribution in [2.24, 2.45) is 0 Å². The van der Waals surface area contributed by atoms with Gasteiger partial charge in [-0.2, -0.15) is 16.8 Å². The Kier molecular flexibility index (Phi) is 2.44. The molecule has 0 spiro atoms. The highest BCUT2D eigenvalue weighted by Crippen LogP contribution is 2.41. The number of benzene rings is 1. The van der Waals surface area contributed by atoms with Gasteiger partial charge in [-0.25, -0.2) is 0 Å². The molecule has 0 unspecified atom stereocenters. The lowest BCUT2D eigenvalue weighted by Gasteiger charge is -2.11. The van der Waals surface area contributed by atoms with Gasteiger partial charge in [0.1, 0.15) is 9.79 Å². The van der Waals surface area contributed by atoms with Crippen LogP contribution in [0.2, 0.25) is 0 Å². The maximum atomic E-state index is 11.7. The number of rotatable bonds is 0. The fourth-order valence-electron chi connectivity index (χ4n) is 2.03. The molecule has 0 aromatic heterocycles. The van der Waals surface area contributed by atoms with Gasteiger partial charge in [-0.05, 0) is 49.9 Å². The maximum absolute atomic E-state index is 11.7. The highest BCUT2D eigenvalue weighted by atomic mass is 32.3. The molecule has 1 heterocycles. The smallest absolute Gasteiger partial charge is 0.193 e. The predicted octanol–water partition coefficient (Wildman–Crippen LogP) is 1.33. The Labute approximate surface area is 101 Å². The second-order valence-corrected chi connectivity index (χ2v) is 7.31. The van der Waals surface area contributed by atoms with Crippen molar-refractivity contribution in [3.05, 3.63) is 22.3 Å². The molecule has 1 aliphatic heterocycles. The first-order chi connectivity index (χ1) is 7.59. The normalized spacial score (nSPS) is 20.2. The van der Waals surface area contributed by atoms with E-state index in [0.717, 1.165) is 11.1 Å². The summed E-state index contributed by atoms with van der Waals surface area (Å²) in [4.78, 5) is -0.420. The lowest BCUT2D eigenvalue weighted by atomic mass is 9.99. The topological polar surface area (TPSA) is 77.5 Å². The van der Waals surface area contributed by atoms with E-state index in [4.69, 9.17) is 0 Å². The monoisotopic (exact) mass is 276 g/mol. The average molecular weight is 276 g/mol. The van der Waals surface area contributed by atoms with Crippen molar-refractivity contribution in [3.63, 3.8) is 0 Å². The third-order valence-corrected chi connectivity index (χ3v) is 6.84. The van der Waals surface area contributed by atoms with E-state index in [0.29, 0.717) is 11.1 Å². The van der Waals surface area contributed by atoms with Gasteiger partial charge >= 0.3 is 20.2 Å². The van der Waals surface area contributed by atoms with Crippen molar-refractivity contribution in [1.29, 1.82) is 0 Å². The first-order valence-electron chi connectivity index (χ1n) is 4.91. The van der Waals surface area contributed by atoms with Crippen LogP contribution < -0.4 is 0 Å². The molecule has 0 bridgehead atoms. The zero-order valence-electron chi connectivity index (χ0n) is 9.86. The number of hydrogen-bond donors (Lipinski definition) is 0. The van der Waals surface area contributed by atoms with E-state index in [1.54, 1.807) is 27.7 Å². The van der Waals surface area contributed by atoms with Crippen LogP contribution in [0.1, 0.15) is 22.3 Å². The van der Waals surface area contributed by atoms with E-state index in [1.807, 2.05) is 0 Å². The molecular weight excluding hydrogens is 264 g/mol. The highest BCUT2D eigenvalue weighted by Gasteiger charge is 2.44. The van der Waals surface area contributed by atoms with Gasteiger partial charge < -0.3 is 0 Å². The molecule has 17 heavy (non-hydrogen) atoms. The molecule has 0 aliphatic carbocycles. The number of fused-ring (bicyclic) bond motifs is 1. The van der Waals surface area contributed by atoms with Crippen molar-refractivity contribution in [1.82, 2.24) is 0 Å². The molecule has 0 fully saturated rings. The van der Waals surface area contributed by atoms with E-state index in [-0.39, 0.29) is 9.79 Å². The Balaban J connectivity index is 3.15. The molecule has 1 aromatic carbocycles. The molecule has 0 radical (unpaired) electrons. The fraction of sp³-hybridized carbons (Fsp3) is 0.400. The predicted molar refractivity (Wildman–Crippen MR) is 60.8 cm³/mol. The van der Waals surface area contributed by atoms with Crippen molar-refractivity contribution >= 4 is 20.2 Å². The fourth-order valence-corrected chi connectivity index (χ4v) is 5.95. The van der Waals surface area contributed by atoms with Crippen molar-refractivity contribution in [3.8, 4) is 0 Å². The molecule has 0 saturated carbocycles.